The highest BCUT2D eigenvalue weighted by Crippen LogP contribution is 2.31. The normalized spacial score (nSPS) is 13.2. The summed E-state index contributed by atoms with van der Waals surface area (Å²) in [6.07, 6.45) is -4.34. The maximum absolute atomic E-state index is 13.9. The molecule has 0 saturated heterocycles. The van der Waals surface area contributed by atoms with Crippen LogP contribution in [0.3, 0.4) is 0 Å². The Morgan fingerprint density at radius 3 is 2.30 bits per heavy atom. The number of aromatic nitrogens is 2. The fourth-order valence-electron chi connectivity index (χ4n) is 3.34. The summed E-state index contributed by atoms with van der Waals surface area (Å²) in [4.78, 5) is 25.8. The molecule has 0 fully saturated rings. The van der Waals surface area contributed by atoms with Crippen molar-refractivity contribution in [1.82, 2.24) is 20.0 Å². The van der Waals surface area contributed by atoms with E-state index in [0.717, 1.165) is 29.1 Å². The van der Waals surface area contributed by atoms with Gasteiger partial charge in [0, 0.05) is 12.1 Å². The zero-order valence-electron chi connectivity index (χ0n) is 19.2. The van der Waals surface area contributed by atoms with Gasteiger partial charge in [-0.1, -0.05) is 0 Å². The molecule has 0 bridgehead atoms. The van der Waals surface area contributed by atoms with Crippen LogP contribution in [0.5, 0.6) is 0 Å². The Morgan fingerprint density at radius 2 is 1.73 bits per heavy atom. The summed E-state index contributed by atoms with van der Waals surface area (Å²) < 4.78 is 82.4. The average Bonchev–Trinajstić information content (AvgIpc) is 3.23. The molecule has 198 valence electrons. The second-order valence-corrected chi connectivity index (χ2v) is 7.99. The van der Waals surface area contributed by atoms with E-state index in [0.29, 0.717) is 17.0 Å². The predicted molar refractivity (Wildman–Crippen MR) is 119 cm³/mol. The number of likely N-dealkylation sites (N-methyl/N-ethyl adjacent to an activating group) is 1. The summed E-state index contributed by atoms with van der Waals surface area (Å²) in [6, 6.07) is 6.90. The van der Waals surface area contributed by atoms with Crippen LogP contribution in [0.2, 0.25) is 0 Å². The van der Waals surface area contributed by atoms with Gasteiger partial charge in [-0.3, -0.25) is 9.59 Å². The SMILES string of the molecule is CCN(CC(O)(CNC(=O)c1cnn(-c2ccc(F)cc2)c1N)C(F)(F)F)C(=O)c1ccc(F)c(F)c1. The molecule has 1 unspecified atom stereocenters. The number of nitrogens with zero attached hydrogens (tertiary/aromatic N) is 3. The number of carbonyl (C=O) groups excluding carboxylic acids is 2. The van der Waals surface area contributed by atoms with E-state index >= 15 is 0 Å². The maximum Gasteiger partial charge on any atom is 0.420 e. The third kappa shape index (κ3) is 5.85. The quantitative estimate of drug-likeness (QED) is 0.389. The van der Waals surface area contributed by atoms with E-state index in [1.165, 1.54) is 19.1 Å². The van der Waals surface area contributed by atoms with E-state index in [1.807, 2.05) is 5.32 Å². The van der Waals surface area contributed by atoms with Crippen LogP contribution in [-0.4, -0.2) is 63.0 Å². The Balaban J connectivity index is 1.79. The van der Waals surface area contributed by atoms with Crippen LogP contribution in [0.1, 0.15) is 27.6 Å². The lowest BCUT2D eigenvalue weighted by atomic mass is 10.0. The third-order valence-corrected chi connectivity index (χ3v) is 5.48. The summed E-state index contributed by atoms with van der Waals surface area (Å²) in [5.74, 6) is -5.63. The molecular formula is C23H21F6N5O3. The Labute approximate surface area is 206 Å². The number of carbonyl (C=O) groups is 2. The molecule has 4 N–H and O–H groups in total. The van der Waals surface area contributed by atoms with Crippen LogP contribution in [-0.2, 0) is 0 Å². The smallest absolute Gasteiger partial charge is 0.383 e. The van der Waals surface area contributed by atoms with E-state index in [2.05, 4.69) is 5.10 Å². The number of halogens is 6. The molecule has 3 rings (SSSR count). The maximum atomic E-state index is 13.9. The van der Waals surface area contributed by atoms with E-state index in [-0.39, 0.29) is 23.6 Å². The molecular weight excluding hydrogens is 508 g/mol. The zero-order chi connectivity index (χ0) is 27.5. The molecule has 0 aliphatic heterocycles. The number of amides is 2. The van der Waals surface area contributed by atoms with Crippen LogP contribution >= 0.6 is 0 Å². The number of anilines is 1. The lowest BCUT2D eigenvalue weighted by molar-refractivity contribution is -0.259. The predicted octanol–water partition coefficient (Wildman–Crippen LogP) is 3.06. The number of hydrogen-bond donors (Lipinski definition) is 3. The number of nitrogens with one attached hydrogen (secondary N) is 1. The second kappa shape index (κ2) is 10.5. The Bertz CT molecular complexity index is 1300. The van der Waals surface area contributed by atoms with Gasteiger partial charge in [0.15, 0.2) is 17.2 Å². The van der Waals surface area contributed by atoms with Crippen molar-refractivity contribution < 1.29 is 41.0 Å². The number of alkyl halides is 3. The van der Waals surface area contributed by atoms with Crippen molar-refractivity contribution in [3.8, 4) is 5.69 Å². The number of nitrogens with two attached hydrogens (primary N) is 1. The molecule has 14 heteroatoms. The average molecular weight is 529 g/mol. The molecule has 2 amide bonds. The number of aliphatic hydroxyl groups is 1. The van der Waals surface area contributed by atoms with Crippen molar-refractivity contribution in [2.75, 3.05) is 25.4 Å². The summed E-state index contributed by atoms with van der Waals surface area (Å²) in [6.45, 7) is -1.72. The largest absolute Gasteiger partial charge is 0.420 e. The van der Waals surface area contributed by atoms with E-state index < -0.39 is 59.7 Å². The fourth-order valence-corrected chi connectivity index (χ4v) is 3.34. The summed E-state index contributed by atoms with van der Waals surface area (Å²) in [7, 11) is 0. The molecule has 1 atom stereocenters. The molecule has 2 aromatic carbocycles. The zero-order valence-corrected chi connectivity index (χ0v) is 19.2. The minimum atomic E-state index is -5.31. The number of hydrogen-bond acceptors (Lipinski definition) is 5. The minimum Gasteiger partial charge on any atom is -0.383 e. The molecule has 37 heavy (non-hydrogen) atoms. The molecule has 3 aromatic rings. The van der Waals surface area contributed by atoms with Crippen LogP contribution in [0, 0.1) is 17.5 Å². The fraction of sp³-hybridized carbons (Fsp3) is 0.261. The highest BCUT2D eigenvalue weighted by atomic mass is 19.4. The standard InChI is InChI=1S/C23H21F6N5O3/c1-2-33(21(36)13-3-8-17(25)18(26)9-13)12-22(37,23(27,28)29)11-31-20(35)16-10-32-34(19(16)30)15-6-4-14(24)5-7-15/h3-10,37H,2,11-12,30H2,1H3,(H,31,35). The highest BCUT2D eigenvalue weighted by molar-refractivity contribution is 5.98. The van der Waals surface area contributed by atoms with Gasteiger partial charge in [-0.05, 0) is 49.4 Å². The first-order valence-electron chi connectivity index (χ1n) is 10.7. The molecule has 0 radical (unpaired) electrons. The number of benzene rings is 2. The molecule has 1 aromatic heterocycles. The minimum absolute atomic E-state index is 0.261. The van der Waals surface area contributed by atoms with Crippen LogP contribution in [0.4, 0.5) is 32.2 Å². The van der Waals surface area contributed by atoms with Crippen molar-refractivity contribution in [3.05, 3.63) is 77.2 Å². The van der Waals surface area contributed by atoms with Crippen LogP contribution < -0.4 is 11.1 Å². The first-order valence-corrected chi connectivity index (χ1v) is 10.7. The van der Waals surface area contributed by atoms with Gasteiger partial charge >= 0.3 is 6.18 Å². The first-order chi connectivity index (χ1) is 17.3. The Morgan fingerprint density at radius 1 is 1.08 bits per heavy atom. The van der Waals surface area contributed by atoms with Gasteiger partial charge < -0.3 is 21.1 Å². The van der Waals surface area contributed by atoms with Crippen molar-refractivity contribution in [1.29, 1.82) is 0 Å². The van der Waals surface area contributed by atoms with Gasteiger partial charge in [-0.25, -0.2) is 17.9 Å². The van der Waals surface area contributed by atoms with E-state index in [4.69, 9.17) is 5.73 Å². The Hall–Kier alpha value is -4.07. The molecule has 0 spiro atoms. The van der Waals surface area contributed by atoms with Crippen LogP contribution in [0.25, 0.3) is 5.69 Å². The number of rotatable bonds is 8. The lowest BCUT2D eigenvalue weighted by Gasteiger charge is -2.35. The highest BCUT2D eigenvalue weighted by Gasteiger charge is 2.55. The molecule has 8 nitrogen and oxygen atoms in total. The van der Waals surface area contributed by atoms with Crippen LogP contribution in [0.15, 0.2) is 48.7 Å². The second-order valence-electron chi connectivity index (χ2n) is 7.99. The Kier molecular flexibility index (Phi) is 7.81. The molecule has 0 aliphatic carbocycles. The van der Waals surface area contributed by atoms with Gasteiger partial charge in [0.2, 0.25) is 0 Å². The summed E-state index contributed by atoms with van der Waals surface area (Å²) in [5, 5.41) is 16.3. The molecule has 0 saturated carbocycles. The summed E-state index contributed by atoms with van der Waals surface area (Å²) >= 11 is 0. The third-order valence-electron chi connectivity index (χ3n) is 5.48. The van der Waals surface area contributed by atoms with Gasteiger partial charge in [0.25, 0.3) is 11.8 Å². The van der Waals surface area contributed by atoms with E-state index in [1.54, 1.807) is 0 Å². The summed E-state index contributed by atoms with van der Waals surface area (Å²) in [5.41, 5.74) is 1.78. The molecule has 0 aliphatic rings. The number of nitrogen functional groups attached to an aromatic ring is 1. The van der Waals surface area contributed by atoms with Gasteiger partial charge in [-0.15, -0.1) is 0 Å². The van der Waals surface area contributed by atoms with Gasteiger partial charge in [-0.2, -0.15) is 18.3 Å². The van der Waals surface area contributed by atoms with Gasteiger partial charge in [0.05, 0.1) is 25.0 Å². The first kappa shape index (κ1) is 27.5. The lowest BCUT2D eigenvalue weighted by Crippen LogP contribution is -2.60. The van der Waals surface area contributed by atoms with Gasteiger partial charge in [0.1, 0.15) is 17.2 Å². The van der Waals surface area contributed by atoms with E-state index in [9.17, 15) is 41.0 Å². The van der Waals surface area contributed by atoms with Crippen molar-refractivity contribution in [2.24, 2.45) is 0 Å². The van der Waals surface area contributed by atoms with Crippen molar-refractivity contribution >= 4 is 17.6 Å². The molecule has 1 heterocycles. The monoisotopic (exact) mass is 529 g/mol. The van der Waals surface area contributed by atoms with Crippen molar-refractivity contribution in [3.63, 3.8) is 0 Å². The topological polar surface area (TPSA) is 113 Å². The van der Waals surface area contributed by atoms with Crippen molar-refractivity contribution in [2.45, 2.75) is 18.7 Å².